The molecule has 0 saturated carbocycles. The Balaban J connectivity index is 2.38. The van der Waals surface area contributed by atoms with Gasteiger partial charge in [-0.25, -0.2) is 4.79 Å². The second-order valence-electron chi connectivity index (χ2n) is 5.35. The highest BCUT2D eigenvalue weighted by molar-refractivity contribution is 5.87. The maximum Gasteiger partial charge on any atom is 0.334 e. The Morgan fingerprint density at radius 2 is 1.74 bits per heavy atom. The molecule has 0 spiro atoms. The SMILES string of the molecule is C=CCC(Cc1ccccc1)(N=Cc1ccccc1)C(=O)OC. The van der Waals surface area contributed by atoms with Crippen LogP contribution in [0.4, 0.5) is 0 Å². The molecule has 23 heavy (non-hydrogen) atoms. The molecule has 1 unspecified atom stereocenters. The third-order valence-electron chi connectivity index (χ3n) is 3.65. The van der Waals surface area contributed by atoms with E-state index < -0.39 is 5.54 Å². The Morgan fingerprint density at radius 3 is 2.30 bits per heavy atom. The van der Waals surface area contributed by atoms with Gasteiger partial charge in [-0.2, -0.15) is 0 Å². The number of hydrogen-bond donors (Lipinski definition) is 0. The van der Waals surface area contributed by atoms with Crippen molar-refractivity contribution in [3.63, 3.8) is 0 Å². The van der Waals surface area contributed by atoms with Crippen LogP contribution >= 0.6 is 0 Å². The molecule has 2 aromatic carbocycles. The van der Waals surface area contributed by atoms with Crippen molar-refractivity contribution in [3.05, 3.63) is 84.4 Å². The van der Waals surface area contributed by atoms with Crippen molar-refractivity contribution in [1.82, 2.24) is 0 Å². The van der Waals surface area contributed by atoms with E-state index in [1.807, 2.05) is 60.7 Å². The average molecular weight is 307 g/mol. The van der Waals surface area contributed by atoms with Gasteiger partial charge in [-0.15, -0.1) is 6.58 Å². The summed E-state index contributed by atoms with van der Waals surface area (Å²) in [6, 6.07) is 19.5. The summed E-state index contributed by atoms with van der Waals surface area (Å²) >= 11 is 0. The number of aliphatic imine (C=N–C) groups is 1. The number of ether oxygens (including phenoxy) is 1. The van der Waals surface area contributed by atoms with Gasteiger partial charge in [-0.1, -0.05) is 66.7 Å². The first-order valence-corrected chi connectivity index (χ1v) is 7.54. The van der Waals surface area contributed by atoms with Crippen LogP contribution in [0.2, 0.25) is 0 Å². The highest BCUT2D eigenvalue weighted by Crippen LogP contribution is 2.25. The summed E-state index contributed by atoms with van der Waals surface area (Å²) in [4.78, 5) is 17.1. The van der Waals surface area contributed by atoms with Gasteiger partial charge in [0.2, 0.25) is 0 Å². The fraction of sp³-hybridized carbons (Fsp3) is 0.200. The van der Waals surface area contributed by atoms with E-state index >= 15 is 0 Å². The Hall–Kier alpha value is -2.68. The third kappa shape index (κ3) is 4.39. The fourth-order valence-corrected chi connectivity index (χ4v) is 2.48. The van der Waals surface area contributed by atoms with Gasteiger partial charge in [-0.3, -0.25) is 4.99 Å². The summed E-state index contributed by atoms with van der Waals surface area (Å²) in [6.07, 6.45) is 4.32. The third-order valence-corrected chi connectivity index (χ3v) is 3.65. The fourth-order valence-electron chi connectivity index (χ4n) is 2.48. The zero-order valence-electron chi connectivity index (χ0n) is 13.3. The van der Waals surface area contributed by atoms with E-state index in [1.54, 1.807) is 12.3 Å². The second-order valence-corrected chi connectivity index (χ2v) is 5.35. The van der Waals surface area contributed by atoms with Gasteiger partial charge in [0.1, 0.15) is 0 Å². The summed E-state index contributed by atoms with van der Waals surface area (Å²) in [5.74, 6) is -0.353. The number of rotatable bonds is 7. The Bertz CT molecular complexity index is 665. The molecule has 0 radical (unpaired) electrons. The van der Waals surface area contributed by atoms with E-state index in [0.717, 1.165) is 11.1 Å². The molecule has 0 amide bonds. The maximum atomic E-state index is 12.5. The normalized spacial score (nSPS) is 13.4. The summed E-state index contributed by atoms with van der Waals surface area (Å²) in [5.41, 5.74) is 0.983. The molecule has 0 aliphatic carbocycles. The standard InChI is InChI=1S/C20H21NO2/c1-3-14-20(19(22)23-2,15-17-10-6-4-7-11-17)21-16-18-12-8-5-9-13-18/h3-13,16H,1,14-15H2,2H3. The molecule has 0 bridgehead atoms. The van der Waals surface area contributed by atoms with Crippen LogP contribution in [0.15, 0.2) is 78.3 Å². The van der Waals surface area contributed by atoms with Crippen molar-refractivity contribution in [2.24, 2.45) is 4.99 Å². The number of benzene rings is 2. The summed E-state index contributed by atoms with van der Waals surface area (Å²) in [5, 5.41) is 0. The lowest BCUT2D eigenvalue weighted by molar-refractivity contribution is -0.146. The molecule has 0 heterocycles. The molecular formula is C20H21NO2. The number of methoxy groups -OCH3 is 1. The monoisotopic (exact) mass is 307 g/mol. The average Bonchev–Trinajstić information content (AvgIpc) is 2.61. The first-order valence-electron chi connectivity index (χ1n) is 7.54. The van der Waals surface area contributed by atoms with Crippen LogP contribution in [-0.2, 0) is 16.0 Å². The Morgan fingerprint density at radius 1 is 1.13 bits per heavy atom. The minimum atomic E-state index is -0.992. The van der Waals surface area contributed by atoms with Crippen molar-refractivity contribution in [2.45, 2.75) is 18.4 Å². The smallest absolute Gasteiger partial charge is 0.334 e. The van der Waals surface area contributed by atoms with Crippen LogP contribution < -0.4 is 0 Å². The van der Waals surface area contributed by atoms with E-state index in [2.05, 4.69) is 11.6 Å². The molecule has 118 valence electrons. The van der Waals surface area contributed by atoms with Crippen LogP contribution in [0, 0.1) is 0 Å². The zero-order chi connectivity index (χ0) is 16.5. The molecule has 0 aromatic heterocycles. The Labute approximate surface area is 137 Å². The van der Waals surface area contributed by atoms with Gasteiger partial charge < -0.3 is 4.74 Å². The number of carbonyl (C=O) groups is 1. The molecule has 0 aliphatic rings. The summed E-state index contributed by atoms with van der Waals surface area (Å²) in [7, 11) is 1.39. The van der Waals surface area contributed by atoms with Crippen molar-refractivity contribution in [3.8, 4) is 0 Å². The van der Waals surface area contributed by atoms with Crippen LogP contribution in [0.1, 0.15) is 17.5 Å². The maximum absolute atomic E-state index is 12.5. The number of nitrogens with zero attached hydrogens (tertiary/aromatic N) is 1. The van der Waals surface area contributed by atoms with Crippen LogP contribution in [0.3, 0.4) is 0 Å². The molecule has 2 aromatic rings. The molecule has 0 aliphatic heterocycles. The van der Waals surface area contributed by atoms with E-state index in [-0.39, 0.29) is 5.97 Å². The highest BCUT2D eigenvalue weighted by atomic mass is 16.5. The van der Waals surface area contributed by atoms with Crippen LogP contribution in [0.5, 0.6) is 0 Å². The lowest BCUT2D eigenvalue weighted by Gasteiger charge is -2.26. The van der Waals surface area contributed by atoms with Gasteiger partial charge in [0.15, 0.2) is 5.54 Å². The van der Waals surface area contributed by atoms with E-state index in [0.29, 0.717) is 12.8 Å². The summed E-state index contributed by atoms with van der Waals surface area (Å²) in [6.45, 7) is 3.78. The van der Waals surface area contributed by atoms with Crippen molar-refractivity contribution in [2.75, 3.05) is 7.11 Å². The summed E-state index contributed by atoms with van der Waals surface area (Å²) < 4.78 is 5.03. The quantitative estimate of drug-likeness (QED) is 0.443. The second kappa shape index (κ2) is 8.08. The minimum Gasteiger partial charge on any atom is -0.467 e. The topological polar surface area (TPSA) is 38.7 Å². The predicted octanol–water partition coefficient (Wildman–Crippen LogP) is 3.84. The van der Waals surface area contributed by atoms with Gasteiger partial charge in [0.25, 0.3) is 0 Å². The number of hydrogen-bond acceptors (Lipinski definition) is 3. The van der Waals surface area contributed by atoms with Gasteiger partial charge in [-0.05, 0) is 11.1 Å². The first-order chi connectivity index (χ1) is 11.2. The molecule has 3 nitrogen and oxygen atoms in total. The molecule has 0 saturated heterocycles. The number of esters is 1. The van der Waals surface area contributed by atoms with Gasteiger partial charge in [0, 0.05) is 19.1 Å². The van der Waals surface area contributed by atoms with Gasteiger partial charge >= 0.3 is 5.97 Å². The van der Waals surface area contributed by atoms with E-state index in [1.165, 1.54) is 7.11 Å². The zero-order valence-corrected chi connectivity index (χ0v) is 13.3. The molecule has 0 fully saturated rings. The van der Waals surface area contributed by atoms with E-state index in [4.69, 9.17) is 4.74 Å². The lowest BCUT2D eigenvalue weighted by atomic mass is 9.88. The van der Waals surface area contributed by atoms with Crippen molar-refractivity contribution >= 4 is 12.2 Å². The Kier molecular flexibility index (Phi) is 5.87. The predicted molar refractivity (Wildman–Crippen MR) is 93.7 cm³/mol. The molecule has 0 N–H and O–H groups in total. The number of carbonyl (C=O) groups excluding carboxylic acids is 1. The van der Waals surface area contributed by atoms with E-state index in [9.17, 15) is 4.79 Å². The molecular weight excluding hydrogens is 286 g/mol. The molecule has 1 atom stereocenters. The molecule has 2 rings (SSSR count). The minimum absolute atomic E-state index is 0.353. The lowest BCUT2D eigenvalue weighted by Crippen LogP contribution is -2.40. The first kappa shape index (κ1) is 16.7. The van der Waals surface area contributed by atoms with Gasteiger partial charge in [0.05, 0.1) is 7.11 Å². The van der Waals surface area contributed by atoms with Crippen molar-refractivity contribution in [1.29, 1.82) is 0 Å². The highest BCUT2D eigenvalue weighted by Gasteiger charge is 2.37. The largest absolute Gasteiger partial charge is 0.467 e. The van der Waals surface area contributed by atoms with Crippen molar-refractivity contribution < 1.29 is 9.53 Å². The van der Waals surface area contributed by atoms with Crippen LogP contribution in [0.25, 0.3) is 0 Å². The van der Waals surface area contributed by atoms with Crippen LogP contribution in [-0.4, -0.2) is 24.8 Å². The molecule has 3 heteroatoms.